The Labute approximate surface area is 186 Å². The van der Waals surface area contributed by atoms with Gasteiger partial charge in [-0.25, -0.2) is 0 Å². The Hall–Kier alpha value is -2.88. The molecule has 1 heterocycles. The molecule has 3 aromatic carbocycles. The van der Waals surface area contributed by atoms with Crippen LogP contribution in [0.25, 0.3) is 6.08 Å². The monoisotopic (exact) mass is 412 g/mol. The molecule has 31 heavy (non-hydrogen) atoms. The van der Waals surface area contributed by atoms with Crippen molar-refractivity contribution in [2.45, 2.75) is 31.5 Å². The normalized spacial score (nSPS) is 19.5. The minimum atomic E-state index is 0.352. The van der Waals surface area contributed by atoms with Crippen molar-refractivity contribution in [3.8, 4) is 5.75 Å². The van der Waals surface area contributed by atoms with E-state index in [1.165, 1.54) is 29.5 Å². The van der Waals surface area contributed by atoms with Crippen LogP contribution in [-0.4, -0.2) is 31.1 Å². The summed E-state index contributed by atoms with van der Waals surface area (Å²) < 4.78 is 5.55. The molecule has 0 amide bonds. The molecule has 0 radical (unpaired) electrons. The highest BCUT2D eigenvalue weighted by Gasteiger charge is 2.31. The van der Waals surface area contributed by atoms with Gasteiger partial charge in [0, 0.05) is 24.7 Å². The molecule has 0 unspecified atom stereocenters. The summed E-state index contributed by atoms with van der Waals surface area (Å²) in [6.45, 7) is 2.87. The quantitative estimate of drug-likeness (QED) is 0.513. The van der Waals surface area contributed by atoms with Crippen molar-refractivity contribution < 1.29 is 4.74 Å². The maximum absolute atomic E-state index is 5.55. The van der Waals surface area contributed by atoms with Gasteiger partial charge in [-0.1, -0.05) is 91.0 Å². The predicted molar refractivity (Wildman–Crippen MR) is 129 cm³/mol. The lowest BCUT2D eigenvalue weighted by atomic mass is 9.90. The van der Waals surface area contributed by atoms with Gasteiger partial charge in [0.2, 0.25) is 0 Å². The lowest BCUT2D eigenvalue weighted by Crippen LogP contribution is -2.48. The Morgan fingerprint density at radius 2 is 1.65 bits per heavy atom. The van der Waals surface area contributed by atoms with Crippen molar-refractivity contribution in [2.75, 3.05) is 20.2 Å². The van der Waals surface area contributed by atoms with Gasteiger partial charge in [0.25, 0.3) is 0 Å². The molecule has 1 aliphatic rings. The van der Waals surface area contributed by atoms with Crippen LogP contribution in [0, 0.1) is 0 Å². The first-order valence-corrected chi connectivity index (χ1v) is 11.2. The highest BCUT2D eigenvalue weighted by molar-refractivity contribution is 5.48. The van der Waals surface area contributed by atoms with Crippen LogP contribution >= 0.6 is 0 Å². The molecule has 1 fully saturated rings. The molecule has 1 aliphatic heterocycles. The number of nitrogens with zero attached hydrogens (tertiary/aromatic N) is 1. The Morgan fingerprint density at radius 1 is 0.935 bits per heavy atom. The van der Waals surface area contributed by atoms with Crippen molar-refractivity contribution in [1.29, 1.82) is 0 Å². The lowest BCUT2D eigenvalue weighted by molar-refractivity contribution is 0.124. The van der Waals surface area contributed by atoms with Gasteiger partial charge in [-0.2, -0.15) is 0 Å². The minimum absolute atomic E-state index is 0.352. The van der Waals surface area contributed by atoms with Crippen molar-refractivity contribution in [3.63, 3.8) is 0 Å². The molecule has 3 aromatic rings. The van der Waals surface area contributed by atoms with Gasteiger partial charge in [0.1, 0.15) is 5.75 Å². The number of benzene rings is 3. The minimum Gasteiger partial charge on any atom is -0.496 e. The highest BCUT2D eigenvalue weighted by atomic mass is 16.5. The smallest absolute Gasteiger partial charge is 0.123 e. The molecule has 160 valence electrons. The summed E-state index contributed by atoms with van der Waals surface area (Å²) in [5.74, 6) is 0.949. The Kier molecular flexibility index (Phi) is 7.54. The number of nitrogens with one attached hydrogen (secondary N) is 1. The van der Waals surface area contributed by atoms with Gasteiger partial charge >= 0.3 is 0 Å². The third kappa shape index (κ3) is 5.63. The largest absolute Gasteiger partial charge is 0.496 e. The molecule has 0 aromatic heterocycles. The molecule has 1 N–H and O–H groups in total. The number of likely N-dealkylation sites (tertiary alicyclic amines) is 1. The third-order valence-electron chi connectivity index (χ3n) is 6.07. The molecule has 1 saturated heterocycles. The van der Waals surface area contributed by atoms with Gasteiger partial charge in [0.15, 0.2) is 0 Å². The van der Waals surface area contributed by atoms with E-state index in [-0.39, 0.29) is 0 Å². The van der Waals surface area contributed by atoms with E-state index in [0.717, 1.165) is 25.4 Å². The zero-order chi connectivity index (χ0) is 21.3. The van der Waals surface area contributed by atoms with Crippen LogP contribution in [0.5, 0.6) is 5.75 Å². The van der Waals surface area contributed by atoms with Crippen molar-refractivity contribution >= 4 is 6.08 Å². The van der Waals surface area contributed by atoms with Crippen LogP contribution in [0.2, 0.25) is 0 Å². The van der Waals surface area contributed by atoms with E-state index < -0.39 is 0 Å². The number of rotatable bonds is 8. The summed E-state index contributed by atoms with van der Waals surface area (Å²) in [6.07, 6.45) is 6.90. The maximum atomic E-state index is 5.55. The zero-order valence-corrected chi connectivity index (χ0v) is 18.3. The second-order valence-corrected chi connectivity index (χ2v) is 8.10. The summed E-state index contributed by atoms with van der Waals surface area (Å²) in [5, 5.41) is 3.85. The first kappa shape index (κ1) is 21.4. The average molecular weight is 413 g/mol. The maximum Gasteiger partial charge on any atom is 0.123 e. The third-order valence-corrected chi connectivity index (χ3v) is 6.07. The first-order valence-electron chi connectivity index (χ1n) is 11.2. The van der Waals surface area contributed by atoms with E-state index in [0.29, 0.717) is 12.1 Å². The molecule has 0 saturated carbocycles. The van der Waals surface area contributed by atoms with E-state index >= 15 is 0 Å². The second kappa shape index (κ2) is 10.9. The topological polar surface area (TPSA) is 24.5 Å². The van der Waals surface area contributed by atoms with Crippen LogP contribution in [0.3, 0.4) is 0 Å². The van der Waals surface area contributed by atoms with E-state index in [4.69, 9.17) is 4.74 Å². The average Bonchev–Trinajstić information content (AvgIpc) is 2.84. The number of ether oxygens (including phenoxy) is 1. The van der Waals surface area contributed by atoms with Gasteiger partial charge in [0.05, 0.1) is 13.2 Å². The highest BCUT2D eigenvalue weighted by Crippen LogP contribution is 2.32. The number of methoxy groups -OCH3 is 1. The number of hydrogen-bond acceptors (Lipinski definition) is 3. The van der Waals surface area contributed by atoms with Gasteiger partial charge in [-0.3, -0.25) is 4.90 Å². The van der Waals surface area contributed by atoms with Crippen LogP contribution < -0.4 is 10.1 Å². The molecule has 0 spiro atoms. The van der Waals surface area contributed by atoms with Crippen LogP contribution in [0.15, 0.2) is 91.0 Å². The van der Waals surface area contributed by atoms with Crippen molar-refractivity contribution in [3.05, 3.63) is 108 Å². The fourth-order valence-electron chi connectivity index (χ4n) is 4.56. The number of para-hydroxylation sites is 1. The van der Waals surface area contributed by atoms with E-state index in [9.17, 15) is 0 Å². The summed E-state index contributed by atoms with van der Waals surface area (Å²) in [5.41, 5.74) is 3.84. The van der Waals surface area contributed by atoms with Crippen LogP contribution in [0.1, 0.15) is 35.6 Å². The predicted octanol–water partition coefficient (Wildman–Crippen LogP) is 5.70. The molecule has 4 rings (SSSR count). The molecule has 3 heteroatoms. The fraction of sp³-hybridized carbons (Fsp3) is 0.286. The Morgan fingerprint density at radius 3 is 2.42 bits per heavy atom. The molecule has 0 bridgehead atoms. The Balaban J connectivity index is 1.50. The van der Waals surface area contributed by atoms with E-state index in [2.05, 4.69) is 95.2 Å². The summed E-state index contributed by atoms with van der Waals surface area (Å²) in [7, 11) is 1.74. The van der Waals surface area contributed by atoms with Crippen LogP contribution in [-0.2, 0) is 6.54 Å². The molecular formula is C28H32N2O. The summed E-state index contributed by atoms with van der Waals surface area (Å²) >= 11 is 0. The first-order chi connectivity index (χ1) is 15.3. The van der Waals surface area contributed by atoms with E-state index in [1.54, 1.807) is 7.11 Å². The molecule has 3 nitrogen and oxygen atoms in total. The molecule has 2 atom stereocenters. The van der Waals surface area contributed by atoms with Crippen molar-refractivity contribution in [1.82, 2.24) is 10.2 Å². The van der Waals surface area contributed by atoms with Gasteiger partial charge in [-0.05, 0) is 36.6 Å². The Bertz CT molecular complexity index is 955. The molecular weight excluding hydrogens is 380 g/mol. The van der Waals surface area contributed by atoms with Crippen molar-refractivity contribution in [2.24, 2.45) is 0 Å². The summed E-state index contributed by atoms with van der Waals surface area (Å²) in [4.78, 5) is 2.61. The fourth-order valence-corrected chi connectivity index (χ4v) is 4.56. The van der Waals surface area contributed by atoms with E-state index in [1.807, 2.05) is 12.1 Å². The van der Waals surface area contributed by atoms with Crippen LogP contribution in [0.4, 0.5) is 0 Å². The van der Waals surface area contributed by atoms with Gasteiger partial charge in [-0.15, -0.1) is 0 Å². The molecule has 0 aliphatic carbocycles. The van der Waals surface area contributed by atoms with Gasteiger partial charge < -0.3 is 10.1 Å². The standard InChI is InChI=1S/C28H32N2O/c1-31-27-19-9-8-17-25(27)22-29-26-18-11-21-30(28(26)24-15-6-3-7-16-24)20-10-14-23-12-4-2-5-13-23/h2-10,12-17,19,26,28-29H,11,18,20-22H2,1H3/b14-10+/t26-,28-/m1/s1. The second-order valence-electron chi connectivity index (χ2n) is 8.10. The SMILES string of the molecule is COc1ccccc1CN[C@@H]1CCCN(C/C=C/c2ccccc2)[C@@H]1c1ccccc1. The summed E-state index contributed by atoms with van der Waals surface area (Å²) in [6, 6.07) is 30.5. The zero-order valence-electron chi connectivity index (χ0n) is 18.3. The lowest BCUT2D eigenvalue weighted by Gasteiger charge is -2.42. The number of hydrogen-bond donors (Lipinski definition) is 1. The number of piperidine rings is 1.